The molecule has 0 aliphatic heterocycles. The Labute approximate surface area is 111 Å². The maximum atomic E-state index is 12.0. The molecule has 0 atom stereocenters. The minimum absolute atomic E-state index is 0.0345. The summed E-state index contributed by atoms with van der Waals surface area (Å²) in [6.45, 7) is 6.06. The van der Waals surface area contributed by atoms with Gasteiger partial charge in [0.25, 0.3) is 0 Å². The lowest BCUT2D eigenvalue weighted by molar-refractivity contribution is -0.148. The van der Waals surface area contributed by atoms with E-state index in [2.05, 4.69) is 11.7 Å². The number of esters is 1. The topological polar surface area (TPSA) is 46.6 Å². The molecule has 0 unspecified atom stereocenters. The number of methoxy groups -OCH3 is 1. The largest absolute Gasteiger partial charge is 0.468 e. The number of rotatable bonds is 9. The second-order valence-electron chi connectivity index (χ2n) is 4.86. The van der Waals surface area contributed by atoms with Crippen LogP contribution in [0.5, 0.6) is 0 Å². The average Bonchev–Trinajstić information content (AvgIpc) is 2.34. The molecule has 0 aromatic heterocycles. The van der Waals surface area contributed by atoms with Gasteiger partial charge in [-0.3, -0.25) is 9.59 Å². The van der Waals surface area contributed by atoms with Crippen molar-refractivity contribution in [1.82, 2.24) is 4.90 Å². The Hall–Kier alpha value is -1.06. The van der Waals surface area contributed by atoms with Crippen molar-refractivity contribution in [2.24, 2.45) is 0 Å². The van der Waals surface area contributed by atoms with Gasteiger partial charge in [-0.05, 0) is 20.3 Å². The van der Waals surface area contributed by atoms with Gasteiger partial charge in [0.05, 0.1) is 7.11 Å². The summed E-state index contributed by atoms with van der Waals surface area (Å²) in [5, 5.41) is 0. The molecule has 0 bridgehead atoms. The number of hydrogen-bond acceptors (Lipinski definition) is 3. The summed E-state index contributed by atoms with van der Waals surface area (Å²) >= 11 is 0. The maximum absolute atomic E-state index is 12.0. The van der Waals surface area contributed by atoms with Crippen LogP contribution in [0.3, 0.4) is 0 Å². The highest BCUT2D eigenvalue weighted by Crippen LogP contribution is 2.09. The first-order valence-electron chi connectivity index (χ1n) is 6.89. The van der Waals surface area contributed by atoms with Crippen molar-refractivity contribution in [2.75, 3.05) is 13.7 Å². The Kier molecular flexibility index (Phi) is 9.33. The Balaban J connectivity index is 4.03. The number of amides is 1. The SMILES string of the molecule is CCCCCCCC(=O)N(CC(=O)OC)C(C)C. The van der Waals surface area contributed by atoms with E-state index >= 15 is 0 Å². The normalized spacial score (nSPS) is 10.5. The molecular formula is C14H27NO3. The van der Waals surface area contributed by atoms with Crippen molar-refractivity contribution < 1.29 is 14.3 Å². The van der Waals surface area contributed by atoms with Crippen LogP contribution in [0.15, 0.2) is 0 Å². The van der Waals surface area contributed by atoms with Crippen LogP contribution >= 0.6 is 0 Å². The molecule has 0 aliphatic carbocycles. The number of unbranched alkanes of at least 4 members (excludes halogenated alkanes) is 4. The van der Waals surface area contributed by atoms with E-state index in [0.29, 0.717) is 6.42 Å². The molecule has 0 fully saturated rings. The van der Waals surface area contributed by atoms with Crippen molar-refractivity contribution >= 4 is 11.9 Å². The van der Waals surface area contributed by atoms with E-state index in [4.69, 9.17) is 0 Å². The van der Waals surface area contributed by atoms with Crippen molar-refractivity contribution in [3.63, 3.8) is 0 Å². The first-order valence-corrected chi connectivity index (χ1v) is 6.89. The fraction of sp³-hybridized carbons (Fsp3) is 0.857. The maximum Gasteiger partial charge on any atom is 0.325 e. The number of carbonyl (C=O) groups is 2. The number of carbonyl (C=O) groups excluding carboxylic acids is 2. The summed E-state index contributed by atoms with van der Waals surface area (Å²) in [6.07, 6.45) is 6.13. The summed E-state index contributed by atoms with van der Waals surface area (Å²) in [6, 6.07) is 0.0345. The summed E-state index contributed by atoms with van der Waals surface area (Å²) in [4.78, 5) is 24.8. The van der Waals surface area contributed by atoms with Crippen LogP contribution in [0.25, 0.3) is 0 Å². The van der Waals surface area contributed by atoms with Crippen LogP contribution in [0.4, 0.5) is 0 Å². The van der Waals surface area contributed by atoms with Crippen LogP contribution < -0.4 is 0 Å². The Morgan fingerprint density at radius 2 is 1.72 bits per heavy atom. The molecule has 4 heteroatoms. The molecule has 0 spiro atoms. The Bertz CT molecular complexity index is 251. The molecule has 4 nitrogen and oxygen atoms in total. The van der Waals surface area contributed by atoms with Gasteiger partial charge in [-0.25, -0.2) is 0 Å². The van der Waals surface area contributed by atoms with Crippen LogP contribution in [-0.4, -0.2) is 36.5 Å². The van der Waals surface area contributed by atoms with E-state index in [9.17, 15) is 9.59 Å². The third-order valence-corrected chi connectivity index (χ3v) is 2.97. The van der Waals surface area contributed by atoms with Gasteiger partial charge in [0.2, 0.25) is 5.91 Å². The first-order chi connectivity index (χ1) is 8.52. The lowest BCUT2D eigenvalue weighted by Gasteiger charge is -2.25. The van der Waals surface area contributed by atoms with E-state index in [1.54, 1.807) is 4.90 Å². The third kappa shape index (κ3) is 7.30. The Morgan fingerprint density at radius 1 is 1.11 bits per heavy atom. The van der Waals surface area contributed by atoms with E-state index in [0.717, 1.165) is 12.8 Å². The molecule has 0 rings (SSSR count). The van der Waals surface area contributed by atoms with E-state index in [1.165, 1.54) is 26.4 Å². The van der Waals surface area contributed by atoms with Gasteiger partial charge < -0.3 is 9.64 Å². The molecule has 0 aromatic rings. The lowest BCUT2D eigenvalue weighted by Crippen LogP contribution is -2.40. The number of hydrogen-bond donors (Lipinski definition) is 0. The van der Waals surface area contributed by atoms with Gasteiger partial charge in [0.1, 0.15) is 6.54 Å². The minimum atomic E-state index is -0.358. The Morgan fingerprint density at radius 3 is 2.22 bits per heavy atom. The molecule has 106 valence electrons. The highest BCUT2D eigenvalue weighted by atomic mass is 16.5. The van der Waals surface area contributed by atoms with Crippen molar-refractivity contribution in [1.29, 1.82) is 0 Å². The lowest BCUT2D eigenvalue weighted by atomic mass is 10.1. The molecular weight excluding hydrogens is 230 g/mol. The van der Waals surface area contributed by atoms with Crippen LogP contribution in [0.1, 0.15) is 59.3 Å². The van der Waals surface area contributed by atoms with Gasteiger partial charge in [-0.1, -0.05) is 32.6 Å². The minimum Gasteiger partial charge on any atom is -0.468 e. The van der Waals surface area contributed by atoms with Crippen LogP contribution in [0, 0.1) is 0 Å². The van der Waals surface area contributed by atoms with Crippen LogP contribution in [0.2, 0.25) is 0 Å². The van der Waals surface area contributed by atoms with Crippen LogP contribution in [-0.2, 0) is 14.3 Å². The van der Waals surface area contributed by atoms with Gasteiger partial charge in [-0.15, -0.1) is 0 Å². The predicted molar refractivity (Wildman–Crippen MR) is 72.2 cm³/mol. The van der Waals surface area contributed by atoms with Gasteiger partial charge in [0, 0.05) is 12.5 Å². The molecule has 0 aliphatic rings. The number of nitrogens with zero attached hydrogens (tertiary/aromatic N) is 1. The van der Waals surface area contributed by atoms with Crippen molar-refractivity contribution in [3.8, 4) is 0 Å². The second-order valence-corrected chi connectivity index (χ2v) is 4.86. The highest BCUT2D eigenvalue weighted by Gasteiger charge is 2.19. The zero-order chi connectivity index (χ0) is 14.0. The highest BCUT2D eigenvalue weighted by molar-refractivity contribution is 5.82. The molecule has 0 saturated heterocycles. The molecule has 0 N–H and O–H groups in total. The fourth-order valence-electron chi connectivity index (χ4n) is 1.79. The third-order valence-electron chi connectivity index (χ3n) is 2.97. The quantitative estimate of drug-likeness (QED) is 0.471. The predicted octanol–water partition coefficient (Wildman–Crippen LogP) is 2.76. The zero-order valence-electron chi connectivity index (χ0n) is 12.2. The molecule has 18 heavy (non-hydrogen) atoms. The fourth-order valence-corrected chi connectivity index (χ4v) is 1.79. The summed E-state index contributed by atoms with van der Waals surface area (Å²) in [5.41, 5.74) is 0. The molecule has 1 amide bonds. The first kappa shape index (κ1) is 16.9. The summed E-state index contributed by atoms with van der Waals surface area (Å²) in [5.74, 6) is -0.310. The molecule has 0 saturated carbocycles. The van der Waals surface area contributed by atoms with Crippen molar-refractivity contribution in [3.05, 3.63) is 0 Å². The smallest absolute Gasteiger partial charge is 0.325 e. The summed E-state index contributed by atoms with van der Waals surface area (Å²) in [7, 11) is 1.34. The molecule has 0 heterocycles. The monoisotopic (exact) mass is 257 g/mol. The second kappa shape index (κ2) is 9.92. The van der Waals surface area contributed by atoms with Crippen molar-refractivity contribution in [2.45, 2.75) is 65.3 Å². The van der Waals surface area contributed by atoms with E-state index in [-0.39, 0.29) is 24.5 Å². The van der Waals surface area contributed by atoms with E-state index < -0.39 is 0 Å². The van der Waals surface area contributed by atoms with Gasteiger partial charge in [-0.2, -0.15) is 0 Å². The molecule has 0 radical (unpaired) electrons. The number of ether oxygens (including phenoxy) is 1. The van der Waals surface area contributed by atoms with Gasteiger partial charge >= 0.3 is 5.97 Å². The molecule has 0 aromatic carbocycles. The zero-order valence-corrected chi connectivity index (χ0v) is 12.2. The average molecular weight is 257 g/mol. The standard InChI is InChI=1S/C14H27NO3/c1-5-6-7-8-9-10-13(16)15(12(2)3)11-14(17)18-4/h12H,5-11H2,1-4H3. The van der Waals surface area contributed by atoms with E-state index in [1.807, 2.05) is 13.8 Å². The van der Waals surface area contributed by atoms with Gasteiger partial charge in [0.15, 0.2) is 0 Å². The summed E-state index contributed by atoms with van der Waals surface area (Å²) < 4.78 is 4.61.